The zero-order valence-electron chi connectivity index (χ0n) is 21.6. The van der Waals surface area contributed by atoms with Crippen molar-refractivity contribution in [2.75, 3.05) is 0 Å². The van der Waals surface area contributed by atoms with Crippen molar-refractivity contribution >= 4 is 43.7 Å². The SMILES string of the molecule is Cc1cc2c(cc1C)[n+](CC(=O)c1ccc(Br)cc1)cn2C(c1ccccc1)c1cc2ccccc2oc1=O. The number of carbonyl (C=O) groups excluding carboxylic acids is 1. The second-order valence-electron chi connectivity index (χ2n) is 9.85. The average Bonchev–Trinajstić information content (AvgIpc) is 3.26. The van der Waals surface area contributed by atoms with Gasteiger partial charge in [-0.05, 0) is 61.4 Å². The molecule has 0 aliphatic heterocycles. The first kappa shape index (κ1) is 25.0. The summed E-state index contributed by atoms with van der Waals surface area (Å²) >= 11 is 3.44. The van der Waals surface area contributed by atoms with Crippen molar-refractivity contribution in [3.8, 4) is 0 Å². The third-order valence-corrected chi connectivity index (χ3v) is 7.81. The van der Waals surface area contributed by atoms with E-state index in [2.05, 4.69) is 46.5 Å². The molecule has 4 aromatic carbocycles. The van der Waals surface area contributed by atoms with Gasteiger partial charge in [0.15, 0.2) is 23.6 Å². The zero-order valence-corrected chi connectivity index (χ0v) is 23.2. The number of fused-ring (bicyclic) bond motifs is 2. The van der Waals surface area contributed by atoms with E-state index in [0.717, 1.165) is 37.6 Å². The first-order valence-corrected chi connectivity index (χ1v) is 13.6. The Balaban J connectivity index is 1.57. The van der Waals surface area contributed by atoms with Crippen molar-refractivity contribution in [2.24, 2.45) is 0 Å². The highest BCUT2D eigenvalue weighted by Gasteiger charge is 2.30. The Labute approximate surface area is 234 Å². The second-order valence-corrected chi connectivity index (χ2v) is 10.8. The molecule has 0 radical (unpaired) electrons. The topological polar surface area (TPSA) is 56.1 Å². The van der Waals surface area contributed by atoms with Gasteiger partial charge in [-0.15, -0.1) is 0 Å². The van der Waals surface area contributed by atoms with Gasteiger partial charge in [0.25, 0.3) is 0 Å². The van der Waals surface area contributed by atoms with Crippen molar-refractivity contribution in [1.82, 2.24) is 4.57 Å². The van der Waals surface area contributed by atoms with Crippen molar-refractivity contribution in [2.45, 2.75) is 26.4 Å². The molecular weight excluding hydrogens is 552 g/mol. The monoisotopic (exact) mass is 577 g/mol. The van der Waals surface area contributed by atoms with E-state index in [1.54, 1.807) is 6.07 Å². The lowest BCUT2D eigenvalue weighted by atomic mass is 9.98. The highest BCUT2D eigenvalue weighted by Crippen LogP contribution is 2.31. The fourth-order valence-corrected chi connectivity index (χ4v) is 5.37. The largest absolute Gasteiger partial charge is 0.422 e. The number of halogens is 1. The molecule has 0 N–H and O–H groups in total. The molecule has 2 heterocycles. The predicted molar refractivity (Wildman–Crippen MR) is 156 cm³/mol. The van der Waals surface area contributed by atoms with Gasteiger partial charge >= 0.3 is 5.63 Å². The molecule has 0 bridgehead atoms. The Morgan fingerprint density at radius 3 is 2.36 bits per heavy atom. The van der Waals surface area contributed by atoms with Crippen LogP contribution in [0.4, 0.5) is 0 Å². The summed E-state index contributed by atoms with van der Waals surface area (Å²) < 4.78 is 10.8. The Kier molecular flexibility index (Phi) is 6.49. The number of aromatic nitrogens is 2. The Morgan fingerprint density at radius 1 is 0.897 bits per heavy atom. The van der Waals surface area contributed by atoms with Crippen molar-refractivity contribution < 1.29 is 13.8 Å². The standard InChI is InChI=1S/C33H26BrN2O3/c1-21-16-28-29(17-22(21)2)36(20-35(28)19-30(37)23-12-14-26(34)15-13-23)32(24-8-4-3-5-9-24)27-18-25-10-6-7-11-31(25)39-33(27)38/h3-18,20,32H,19H2,1-2H3/q+1. The third-order valence-electron chi connectivity index (χ3n) is 7.28. The molecule has 0 saturated carbocycles. The van der Waals surface area contributed by atoms with Crippen LogP contribution in [0.15, 0.2) is 117 Å². The van der Waals surface area contributed by atoms with Crippen LogP contribution < -0.4 is 10.2 Å². The molecule has 0 aliphatic rings. The summed E-state index contributed by atoms with van der Waals surface area (Å²) in [5.41, 5.74) is 6.41. The van der Waals surface area contributed by atoms with Gasteiger partial charge < -0.3 is 4.42 Å². The number of para-hydroxylation sites is 1. The quantitative estimate of drug-likeness (QED) is 0.122. The summed E-state index contributed by atoms with van der Waals surface area (Å²) in [4.78, 5) is 26.8. The lowest BCUT2D eigenvalue weighted by molar-refractivity contribution is -0.658. The minimum atomic E-state index is -0.458. The predicted octanol–water partition coefficient (Wildman–Crippen LogP) is 6.94. The molecule has 0 fully saturated rings. The van der Waals surface area contributed by atoms with Gasteiger partial charge in [-0.2, -0.15) is 0 Å². The zero-order chi connectivity index (χ0) is 27.1. The Morgan fingerprint density at radius 2 is 1.59 bits per heavy atom. The molecule has 6 heteroatoms. The smallest absolute Gasteiger partial charge is 0.344 e. The summed E-state index contributed by atoms with van der Waals surface area (Å²) in [6, 6.07) is 30.6. The fraction of sp³-hybridized carbons (Fsp3) is 0.121. The maximum Gasteiger partial charge on any atom is 0.344 e. The van der Waals surface area contributed by atoms with Crippen LogP contribution in [0, 0.1) is 13.8 Å². The van der Waals surface area contributed by atoms with E-state index in [1.165, 1.54) is 0 Å². The lowest BCUT2D eigenvalue weighted by Gasteiger charge is -2.15. The maximum absolute atomic E-state index is 13.4. The lowest BCUT2D eigenvalue weighted by Crippen LogP contribution is -2.37. The van der Waals surface area contributed by atoms with Gasteiger partial charge in [0.1, 0.15) is 5.58 Å². The molecule has 192 valence electrons. The molecular formula is C33H26BrN2O3+. The average molecular weight is 578 g/mol. The number of hydrogen-bond donors (Lipinski definition) is 0. The molecule has 1 unspecified atom stereocenters. The molecule has 6 rings (SSSR count). The van der Waals surface area contributed by atoms with Crippen LogP contribution in [0.1, 0.15) is 38.7 Å². The molecule has 6 aromatic rings. The minimum Gasteiger partial charge on any atom is -0.422 e. The minimum absolute atomic E-state index is 0.00579. The van der Waals surface area contributed by atoms with Crippen LogP contribution in [0.5, 0.6) is 0 Å². The molecule has 2 aromatic heterocycles. The van der Waals surface area contributed by atoms with E-state index < -0.39 is 6.04 Å². The highest BCUT2D eigenvalue weighted by molar-refractivity contribution is 9.10. The van der Waals surface area contributed by atoms with Crippen LogP contribution in [-0.4, -0.2) is 10.4 Å². The molecule has 5 nitrogen and oxygen atoms in total. The van der Waals surface area contributed by atoms with E-state index in [-0.39, 0.29) is 18.0 Å². The fourth-order valence-electron chi connectivity index (χ4n) is 5.10. The van der Waals surface area contributed by atoms with E-state index in [9.17, 15) is 9.59 Å². The van der Waals surface area contributed by atoms with Crippen LogP contribution in [0.2, 0.25) is 0 Å². The van der Waals surface area contributed by atoms with Gasteiger partial charge in [-0.1, -0.05) is 76.6 Å². The van der Waals surface area contributed by atoms with Crippen LogP contribution in [0.25, 0.3) is 22.0 Å². The number of benzene rings is 4. The van der Waals surface area contributed by atoms with E-state index >= 15 is 0 Å². The number of rotatable bonds is 6. The van der Waals surface area contributed by atoms with E-state index in [0.29, 0.717) is 16.7 Å². The summed E-state index contributed by atoms with van der Waals surface area (Å²) in [7, 11) is 0. The van der Waals surface area contributed by atoms with E-state index in [1.807, 2.05) is 89.8 Å². The van der Waals surface area contributed by atoms with Crippen LogP contribution in [0.3, 0.4) is 0 Å². The molecule has 0 amide bonds. The van der Waals surface area contributed by atoms with Gasteiger partial charge in [0, 0.05) is 21.0 Å². The van der Waals surface area contributed by atoms with Gasteiger partial charge in [-0.25, -0.2) is 13.9 Å². The number of hydrogen-bond acceptors (Lipinski definition) is 3. The summed E-state index contributed by atoms with van der Waals surface area (Å²) in [6.45, 7) is 4.31. The first-order chi connectivity index (χ1) is 18.9. The second kappa shape index (κ2) is 10.1. The third kappa shape index (κ3) is 4.72. The van der Waals surface area contributed by atoms with Gasteiger partial charge in [0.2, 0.25) is 12.1 Å². The Hall–Kier alpha value is -4.29. The number of aryl methyl sites for hydroxylation is 2. The number of carbonyl (C=O) groups is 1. The van der Waals surface area contributed by atoms with Crippen molar-refractivity contribution in [3.05, 3.63) is 146 Å². The molecule has 0 aliphatic carbocycles. The van der Waals surface area contributed by atoms with E-state index in [4.69, 9.17) is 4.42 Å². The number of ketones is 1. The molecule has 1 atom stereocenters. The molecule has 39 heavy (non-hydrogen) atoms. The van der Waals surface area contributed by atoms with Crippen LogP contribution >= 0.6 is 15.9 Å². The van der Waals surface area contributed by atoms with Crippen LogP contribution in [-0.2, 0) is 6.54 Å². The summed E-state index contributed by atoms with van der Waals surface area (Å²) in [6.07, 6.45) is 1.95. The Bertz CT molecular complexity index is 1900. The number of imidazole rings is 1. The normalized spacial score (nSPS) is 12.2. The molecule has 0 spiro atoms. The van der Waals surface area contributed by atoms with Crippen molar-refractivity contribution in [1.29, 1.82) is 0 Å². The van der Waals surface area contributed by atoms with Gasteiger partial charge in [-0.3, -0.25) is 4.79 Å². The summed E-state index contributed by atoms with van der Waals surface area (Å²) in [5.74, 6) is 0.00579. The summed E-state index contributed by atoms with van der Waals surface area (Å²) in [5, 5.41) is 0.856. The first-order valence-electron chi connectivity index (χ1n) is 12.8. The number of Topliss-reactive ketones (excluding diaryl/α,β-unsaturated/α-hetero) is 1. The number of nitrogens with zero attached hydrogens (tertiary/aromatic N) is 2. The molecule has 0 saturated heterocycles. The maximum atomic E-state index is 13.4. The van der Waals surface area contributed by atoms with Crippen molar-refractivity contribution in [3.63, 3.8) is 0 Å². The highest BCUT2D eigenvalue weighted by atomic mass is 79.9. The van der Waals surface area contributed by atoms with Gasteiger partial charge in [0.05, 0.1) is 5.56 Å².